The molecule has 0 amide bonds. The van der Waals surface area contributed by atoms with Crippen LogP contribution in [0.25, 0.3) is 0 Å². The SMILES string of the molecule is CC(CCc1ccco1)Nc1c(F)c(F)c(F)c(F)c1F. The topological polar surface area (TPSA) is 25.2 Å². The molecule has 0 fully saturated rings. The van der Waals surface area contributed by atoms with Crippen molar-refractivity contribution in [2.45, 2.75) is 25.8 Å². The number of furan rings is 1. The van der Waals surface area contributed by atoms with E-state index >= 15 is 0 Å². The number of benzene rings is 1. The third-order valence-corrected chi connectivity index (χ3v) is 3.00. The molecular formula is C14H12F5NO. The van der Waals surface area contributed by atoms with Crippen LogP contribution in [0.3, 0.4) is 0 Å². The Kier molecular flexibility index (Phi) is 4.50. The smallest absolute Gasteiger partial charge is 0.200 e. The van der Waals surface area contributed by atoms with Gasteiger partial charge >= 0.3 is 0 Å². The van der Waals surface area contributed by atoms with E-state index in [1.165, 1.54) is 6.26 Å². The Morgan fingerprint density at radius 1 is 1.00 bits per heavy atom. The average Bonchev–Trinajstić information content (AvgIpc) is 2.99. The van der Waals surface area contributed by atoms with Crippen LogP contribution in [0.5, 0.6) is 0 Å². The zero-order chi connectivity index (χ0) is 15.6. The molecule has 2 nitrogen and oxygen atoms in total. The first-order chi connectivity index (χ1) is 9.91. The van der Waals surface area contributed by atoms with Gasteiger partial charge in [-0.25, -0.2) is 22.0 Å². The van der Waals surface area contributed by atoms with E-state index in [-0.39, 0.29) is 0 Å². The van der Waals surface area contributed by atoms with Crippen molar-refractivity contribution in [2.75, 3.05) is 5.32 Å². The number of anilines is 1. The van der Waals surface area contributed by atoms with Gasteiger partial charge in [-0.1, -0.05) is 0 Å². The lowest BCUT2D eigenvalue weighted by Crippen LogP contribution is -2.19. The number of halogens is 5. The summed E-state index contributed by atoms with van der Waals surface area (Å²) >= 11 is 0. The summed E-state index contributed by atoms with van der Waals surface area (Å²) in [5, 5.41) is 2.31. The van der Waals surface area contributed by atoms with Crippen molar-refractivity contribution in [1.82, 2.24) is 0 Å². The highest BCUT2D eigenvalue weighted by Gasteiger charge is 2.26. The zero-order valence-corrected chi connectivity index (χ0v) is 11.0. The van der Waals surface area contributed by atoms with E-state index in [4.69, 9.17) is 4.42 Å². The van der Waals surface area contributed by atoms with Gasteiger partial charge in [0.05, 0.1) is 6.26 Å². The number of hydrogen-bond donors (Lipinski definition) is 1. The van der Waals surface area contributed by atoms with Crippen LogP contribution >= 0.6 is 0 Å². The molecule has 1 aromatic carbocycles. The maximum atomic E-state index is 13.5. The molecule has 1 heterocycles. The summed E-state index contributed by atoms with van der Waals surface area (Å²) in [7, 11) is 0. The Bertz CT molecular complexity index is 598. The number of hydrogen-bond acceptors (Lipinski definition) is 2. The Labute approximate surface area is 117 Å². The highest BCUT2D eigenvalue weighted by Crippen LogP contribution is 2.28. The van der Waals surface area contributed by atoms with Crippen LogP contribution < -0.4 is 5.32 Å². The van der Waals surface area contributed by atoms with Gasteiger partial charge in [0.15, 0.2) is 23.3 Å². The summed E-state index contributed by atoms with van der Waals surface area (Å²) in [6.45, 7) is 1.57. The minimum absolute atomic E-state index is 0.396. The van der Waals surface area contributed by atoms with Crippen LogP contribution in [0.1, 0.15) is 19.1 Å². The lowest BCUT2D eigenvalue weighted by Gasteiger charge is -2.16. The first-order valence-corrected chi connectivity index (χ1v) is 6.22. The van der Waals surface area contributed by atoms with E-state index < -0.39 is 40.8 Å². The highest BCUT2D eigenvalue weighted by molar-refractivity contribution is 5.48. The molecule has 0 aliphatic heterocycles. The maximum absolute atomic E-state index is 13.5. The van der Waals surface area contributed by atoms with Gasteiger partial charge in [0.1, 0.15) is 11.4 Å². The molecule has 21 heavy (non-hydrogen) atoms. The van der Waals surface area contributed by atoms with Crippen LogP contribution in [0.2, 0.25) is 0 Å². The minimum Gasteiger partial charge on any atom is -0.469 e. The van der Waals surface area contributed by atoms with Crippen molar-refractivity contribution in [3.63, 3.8) is 0 Å². The minimum atomic E-state index is -2.17. The molecule has 0 aliphatic rings. The van der Waals surface area contributed by atoms with Crippen LogP contribution in [0, 0.1) is 29.1 Å². The third kappa shape index (κ3) is 3.17. The second-order valence-electron chi connectivity index (χ2n) is 4.61. The molecule has 2 rings (SSSR count). The predicted octanol–water partition coefficient (Wildman–Crippen LogP) is 4.41. The zero-order valence-electron chi connectivity index (χ0n) is 11.0. The van der Waals surface area contributed by atoms with Crippen molar-refractivity contribution < 1.29 is 26.4 Å². The molecule has 1 atom stereocenters. The summed E-state index contributed by atoms with van der Waals surface area (Å²) < 4.78 is 71.0. The van der Waals surface area contributed by atoms with E-state index in [1.54, 1.807) is 19.1 Å². The van der Waals surface area contributed by atoms with Gasteiger partial charge in [0, 0.05) is 12.5 Å². The van der Waals surface area contributed by atoms with E-state index in [9.17, 15) is 22.0 Å². The fourth-order valence-electron chi connectivity index (χ4n) is 1.86. The Morgan fingerprint density at radius 3 is 2.10 bits per heavy atom. The van der Waals surface area contributed by atoms with Crippen molar-refractivity contribution in [2.24, 2.45) is 0 Å². The number of nitrogens with one attached hydrogen (secondary N) is 1. The molecule has 0 saturated carbocycles. The van der Waals surface area contributed by atoms with Crippen molar-refractivity contribution in [1.29, 1.82) is 0 Å². The summed E-state index contributed by atoms with van der Waals surface area (Å²) in [4.78, 5) is 0. The van der Waals surface area contributed by atoms with Crippen LogP contribution in [0.4, 0.5) is 27.6 Å². The van der Waals surface area contributed by atoms with Gasteiger partial charge in [0.2, 0.25) is 5.82 Å². The first-order valence-electron chi connectivity index (χ1n) is 6.22. The van der Waals surface area contributed by atoms with E-state index in [1.807, 2.05) is 0 Å². The van der Waals surface area contributed by atoms with Crippen molar-refractivity contribution in [3.05, 3.63) is 53.2 Å². The van der Waals surface area contributed by atoms with Gasteiger partial charge < -0.3 is 9.73 Å². The summed E-state index contributed by atoms with van der Waals surface area (Å²) in [6.07, 6.45) is 2.35. The fraction of sp³-hybridized carbons (Fsp3) is 0.286. The second kappa shape index (κ2) is 6.15. The van der Waals surface area contributed by atoms with Gasteiger partial charge in [-0.2, -0.15) is 0 Å². The van der Waals surface area contributed by atoms with Crippen LogP contribution in [-0.4, -0.2) is 6.04 Å². The fourth-order valence-corrected chi connectivity index (χ4v) is 1.86. The molecule has 1 N–H and O–H groups in total. The Morgan fingerprint density at radius 2 is 1.57 bits per heavy atom. The molecule has 7 heteroatoms. The van der Waals surface area contributed by atoms with Gasteiger partial charge in [-0.3, -0.25) is 0 Å². The molecular weight excluding hydrogens is 293 g/mol. The predicted molar refractivity (Wildman–Crippen MR) is 66.3 cm³/mol. The highest BCUT2D eigenvalue weighted by atomic mass is 19.2. The average molecular weight is 305 g/mol. The van der Waals surface area contributed by atoms with Crippen LogP contribution in [0.15, 0.2) is 22.8 Å². The Balaban J connectivity index is 2.12. The molecule has 1 unspecified atom stereocenters. The monoisotopic (exact) mass is 305 g/mol. The molecule has 0 radical (unpaired) electrons. The third-order valence-electron chi connectivity index (χ3n) is 3.00. The quantitative estimate of drug-likeness (QED) is 0.503. The Hall–Kier alpha value is -2.05. The van der Waals surface area contributed by atoms with Gasteiger partial charge in [0.25, 0.3) is 0 Å². The number of rotatable bonds is 5. The second-order valence-corrected chi connectivity index (χ2v) is 4.61. The normalized spacial score (nSPS) is 12.5. The lowest BCUT2D eigenvalue weighted by molar-refractivity contribution is 0.380. The molecule has 0 saturated heterocycles. The molecule has 2 aromatic rings. The molecule has 114 valence electrons. The van der Waals surface area contributed by atoms with E-state index in [0.29, 0.717) is 18.6 Å². The largest absolute Gasteiger partial charge is 0.469 e. The van der Waals surface area contributed by atoms with Crippen molar-refractivity contribution >= 4 is 5.69 Å². The van der Waals surface area contributed by atoms with Gasteiger partial charge in [-0.05, 0) is 25.5 Å². The van der Waals surface area contributed by atoms with E-state index in [2.05, 4.69) is 5.32 Å². The van der Waals surface area contributed by atoms with Gasteiger partial charge in [-0.15, -0.1) is 0 Å². The summed E-state index contributed by atoms with van der Waals surface area (Å²) in [5.41, 5.74) is -1.02. The molecule has 0 bridgehead atoms. The van der Waals surface area contributed by atoms with E-state index in [0.717, 1.165) is 0 Å². The molecule has 0 aliphatic carbocycles. The number of aryl methyl sites for hydroxylation is 1. The molecule has 0 spiro atoms. The standard InChI is InChI=1S/C14H12F5NO/c1-7(4-5-8-3-2-6-21-8)20-14-12(18)10(16)9(15)11(17)13(14)19/h2-3,6-7,20H,4-5H2,1H3. The first kappa shape index (κ1) is 15.3. The van der Waals surface area contributed by atoms with Crippen molar-refractivity contribution in [3.8, 4) is 0 Å². The lowest BCUT2D eigenvalue weighted by atomic mass is 10.1. The summed E-state index contributed by atoms with van der Waals surface area (Å²) in [5.74, 6) is -9.16. The van der Waals surface area contributed by atoms with Crippen LogP contribution in [-0.2, 0) is 6.42 Å². The molecule has 1 aromatic heterocycles. The maximum Gasteiger partial charge on any atom is 0.200 e. The summed E-state index contributed by atoms with van der Waals surface area (Å²) in [6, 6.07) is 2.91.